The molecular formula is C19H25N3NaO5. The number of hydrogen-bond acceptors (Lipinski definition) is 6. The number of aromatic nitrogens is 2. The SMILES string of the molecule is Cc1cc(C(O)=C2C(=O)CC(C)(C)CC2=O)c(=O)n(CCC(=O)N(C)C)n1.[Na]. The second-order valence-corrected chi connectivity index (χ2v) is 7.85. The van der Waals surface area contributed by atoms with E-state index in [9.17, 15) is 24.3 Å². The van der Waals surface area contributed by atoms with Crippen LogP contribution in [0.3, 0.4) is 0 Å². The van der Waals surface area contributed by atoms with Crippen LogP contribution in [0, 0.1) is 12.3 Å². The van der Waals surface area contributed by atoms with Crippen molar-refractivity contribution < 1.29 is 19.5 Å². The fourth-order valence-electron chi connectivity index (χ4n) is 3.08. The van der Waals surface area contributed by atoms with Crippen molar-refractivity contribution >= 4 is 52.8 Å². The first-order valence-corrected chi connectivity index (χ1v) is 8.72. The molecule has 0 aromatic carbocycles. The number of allylic oxidation sites excluding steroid dienone is 1. The summed E-state index contributed by atoms with van der Waals surface area (Å²) in [5.74, 6) is -1.73. The number of amides is 1. The Kier molecular flexibility index (Phi) is 7.93. The molecule has 1 aliphatic carbocycles. The molecule has 1 radical (unpaired) electrons. The topological polar surface area (TPSA) is 110 Å². The molecule has 28 heavy (non-hydrogen) atoms. The van der Waals surface area contributed by atoms with Crippen LogP contribution < -0.4 is 5.56 Å². The number of aryl methyl sites for hydroxylation is 2. The van der Waals surface area contributed by atoms with E-state index in [1.807, 2.05) is 13.8 Å². The number of carbonyl (C=O) groups is 3. The van der Waals surface area contributed by atoms with Crippen LogP contribution in [-0.4, -0.2) is 80.9 Å². The number of nitrogens with zero attached hydrogens (tertiary/aromatic N) is 3. The number of aliphatic hydroxyl groups excluding tert-OH is 1. The second-order valence-electron chi connectivity index (χ2n) is 7.85. The van der Waals surface area contributed by atoms with Crippen molar-refractivity contribution in [3.63, 3.8) is 0 Å². The number of carbonyl (C=O) groups excluding carboxylic acids is 3. The first-order valence-electron chi connectivity index (χ1n) is 8.72. The number of ketones is 2. The minimum Gasteiger partial charge on any atom is -0.506 e. The van der Waals surface area contributed by atoms with E-state index in [0.29, 0.717) is 5.69 Å². The molecule has 1 fully saturated rings. The van der Waals surface area contributed by atoms with Crippen LogP contribution in [0.25, 0.3) is 5.76 Å². The van der Waals surface area contributed by atoms with Gasteiger partial charge in [0.15, 0.2) is 11.6 Å². The molecule has 0 saturated heterocycles. The average molecular weight is 398 g/mol. The van der Waals surface area contributed by atoms with Crippen LogP contribution in [0.1, 0.15) is 44.4 Å². The van der Waals surface area contributed by atoms with Crippen molar-refractivity contribution in [2.24, 2.45) is 5.41 Å². The Balaban J connectivity index is 0.00000392. The third kappa shape index (κ3) is 5.40. The number of Topliss-reactive ketones (excluding diaryl/α,β-unsaturated/α-hetero) is 2. The van der Waals surface area contributed by atoms with E-state index in [1.54, 1.807) is 21.0 Å². The van der Waals surface area contributed by atoms with Crippen LogP contribution in [-0.2, 0) is 20.9 Å². The molecule has 0 unspecified atom stereocenters. The van der Waals surface area contributed by atoms with Gasteiger partial charge in [-0.05, 0) is 18.4 Å². The molecule has 1 aromatic heterocycles. The molecule has 1 amide bonds. The van der Waals surface area contributed by atoms with Gasteiger partial charge in [0.2, 0.25) is 5.91 Å². The molecule has 0 aliphatic heterocycles. The van der Waals surface area contributed by atoms with Gasteiger partial charge in [-0.2, -0.15) is 5.10 Å². The maximum Gasteiger partial charge on any atom is 0.277 e. The monoisotopic (exact) mass is 398 g/mol. The number of hydrogen-bond donors (Lipinski definition) is 1. The smallest absolute Gasteiger partial charge is 0.277 e. The molecule has 1 aliphatic rings. The van der Waals surface area contributed by atoms with Gasteiger partial charge in [-0.1, -0.05) is 13.8 Å². The fraction of sp³-hybridized carbons (Fsp3) is 0.526. The summed E-state index contributed by atoms with van der Waals surface area (Å²) in [4.78, 5) is 50.6. The minimum absolute atomic E-state index is 0. The molecule has 9 heteroatoms. The standard InChI is InChI=1S/C19H25N3O5.Na/c1-11-8-12(18(27)22(20-11)7-6-15(25)21(4)5)17(26)16-13(23)9-19(2,3)10-14(16)24;/h8,26H,6-7,9-10H2,1-5H3;. The normalized spacial score (nSPS) is 15.8. The van der Waals surface area contributed by atoms with E-state index in [0.717, 1.165) is 4.68 Å². The molecule has 1 N–H and O–H groups in total. The third-order valence-electron chi connectivity index (χ3n) is 4.46. The zero-order valence-corrected chi connectivity index (χ0v) is 19.3. The molecule has 2 rings (SSSR count). The fourth-order valence-corrected chi connectivity index (χ4v) is 3.08. The van der Waals surface area contributed by atoms with E-state index in [1.165, 1.54) is 11.0 Å². The van der Waals surface area contributed by atoms with Crippen molar-refractivity contribution in [1.29, 1.82) is 0 Å². The van der Waals surface area contributed by atoms with E-state index in [-0.39, 0.29) is 72.4 Å². The maximum atomic E-state index is 12.7. The van der Waals surface area contributed by atoms with E-state index in [4.69, 9.17) is 0 Å². The van der Waals surface area contributed by atoms with Crippen molar-refractivity contribution in [2.45, 2.75) is 46.6 Å². The third-order valence-corrected chi connectivity index (χ3v) is 4.46. The Morgan fingerprint density at radius 2 is 1.75 bits per heavy atom. The van der Waals surface area contributed by atoms with Gasteiger partial charge in [0.25, 0.3) is 5.56 Å². The van der Waals surface area contributed by atoms with E-state index >= 15 is 0 Å². The molecule has 1 saturated carbocycles. The summed E-state index contributed by atoms with van der Waals surface area (Å²) in [6, 6.07) is 1.34. The zero-order valence-electron chi connectivity index (χ0n) is 17.3. The Morgan fingerprint density at radius 3 is 2.25 bits per heavy atom. The van der Waals surface area contributed by atoms with Gasteiger partial charge >= 0.3 is 0 Å². The van der Waals surface area contributed by atoms with E-state index < -0.39 is 28.3 Å². The summed E-state index contributed by atoms with van der Waals surface area (Å²) in [7, 11) is 3.22. The molecule has 8 nitrogen and oxygen atoms in total. The quantitative estimate of drug-likeness (QED) is 0.349. The molecule has 0 spiro atoms. The molecule has 147 valence electrons. The minimum atomic E-state index is -0.650. The van der Waals surface area contributed by atoms with E-state index in [2.05, 4.69) is 5.10 Å². The van der Waals surface area contributed by atoms with Gasteiger partial charge in [-0.3, -0.25) is 19.2 Å². The van der Waals surface area contributed by atoms with Gasteiger partial charge in [0, 0.05) is 62.9 Å². The van der Waals surface area contributed by atoms with Gasteiger partial charge in [-0.15, -0.1) is 0 Å². The molecule has 0 bridgehead atoms. The molecular weight excluding hydrogens is 373 g/mol. The Morgan fingerprint density at radius 1 is 1.21 bits per heavy atom. The second kappa shape index (κ2) is 9.15. The first kappa shape index (κ1) is 24.3. The van der Waals surface area contributed by atoms with Crippen molar-refractivity contribution in [1.82, 2.24) is 14.7 Å². The summed E-state index contributed by atoms with van der Waals surface area (Å²) < 4.78 is 1.07. The number of aliphatic hydroxyl groups is 1. The van der Waals surface area contributed by atoms with Crippen molar-refractivity contribution in [3.05, 3.63) is 33.3 Å². The van der Waals surface area contributed by atoms with Gasteiger partial charge in [0.1, 0.15) is 11.3 Å². The number of rotatable bonds is 4. The summed E-state index contributed by atoms with van der Waals surface area (Å²) in [6.45, 7) is 5.27. The van der Waals surface area contributed by atoms with Gasteiger partial charge in [-0.25, -0.2) is 4.68 Å². The van der Waals surface area contributed by atoms with Crippen molar-refractivity contribution in [2.75, 3.05) is 14.1 Å². The zero-order chi connectivity index (χ0) is 20.5. The summed E-state index contributed by atoms with van der Waals surface area (Å²) in [6.07, 6.45) is 0.299. The van der Waals surface area contributed by atoms with Crippen molar-refractivity contribution in [3.8, 4) is 0 Å². The van der Waals surface area contributed by atoms with Crippen LogP contribution in [0.4, 0.5) is 0 Å². The molecule has 1 heterocycles. The summed E-state index contributed by atoms with van der Waals surface area (Å²) in [5, 5.41) is 14.7. The Hall–Kier alpha value is -1.77. The summed E-state index contributed by atoms with van der Waals surface area (Å²) >= 11 is 0. The Labute approximate surface area is 185 Å². The maximum absolute atomic E-state index is 12.7. The predicted octanol–water partition coefficient (Wildman–Crippen LogP) is 0.877. The van der Waals surface area contributed by atoms with Gasteiger partial charge < -0.3 is 10.0 Å². The molecule has 1 aromatic rings. The Bertz CT molecular complexity index is 877. The van der Waals surface area contributed by atoms with Gasteiger partial charge in [0.05, 0.1) is 17.8 Å². The van der Waals surface area contributed by atoms with Crippen LogP contribution in [0.15, 0.2) is 16.4 Å². The average Bonchev–Trinajstić information content (AvgIpc) is 2.52. The van der Waals surface area contributed by atoms with Crippen LogP contribution >= 0.6 is 0 Å². The largest absolute Gasteiger partial charge is 0.506 e. The molecule has 0 atom stereocenters. The predicted molar refractivity (Wildman–Crippen MR) is 105 cm³/mol. The van der Waals surface area contributed by atoms with Crippen LogP contribution in [0.5, 0.6) is 0 Å². The first-order chi connectivity index (χ1) is 12.4. The van der Waals surface area contributed by atoms with Crippen LogP contribution in [0.2, 0.25) is 0 Å². The summed E-state index contributed by atoms with van der Waals surface area (Å²) in [5.41, 5.74) is -1.18.